The number of nitrogens with one attached hydrogen (secondary N) is 1. The number of nitro groups is 1. The second-order valence-electron chi connectivity index (χ2n) is 6.34. The number of methoxy groups -OCH3 is 1. The van der Waals surface area contributed by atoms with Crippen LogP contribution in [0.4, 0.5) is 21.6 Å². The third-order valence-electron chi connectivity index (χ3n) is 4.63. The molecule has 0 unspecified atom stereocenters. The maximum Gasteiger partial charge on any atom is 0.295 e. The Morgan fingerprint density at radius 1 is 1.39 bits per heavy atom. The van der Waals surface area contributed by atoms with E-state index in [0.29, 0.717) is 36.8 Å². The fraction of sp³-hybridized carbons (Fsp3) is 0.333. The summed E-state index contributed by atoms with van der Waals surface area (Å²) in [4.78, 5) is 28.9. The molecule has 1 aromatic carbocycles. The monoisotopic (exact) mass is 408 g/mol. The van der Waals surface area contributed by atoms with Gasteiger partial charge in [0.2, 0.25) is 5.91 Å². The van der Waals surface area contributed by atoms with Crippen LogP contribution in [-0.4, -0.2) is 36.0 Å². The number of nitro benzene ring substituents is 1. The number of halogens is 2. The van der Waals surface area contributed by atoms with E-state index in [1.165, 1.54) is 19.4 Å². The smallest absolute Gasteiger partial charge is 0.295 e. The van der Waals surface area contributed by atoms with E-state index in [-0.39, 0.29) is 28.9 Å². The summed E-state index contributed by atoms with van der Waals surface area (Å²) in [7, 11) is 1.30. The molecule has 1 fully saturated rings. The van der Waals surface area contributed by atoms with Gasteiger partial charge in [-0.1, -0.05) is 11.6 Å². The van der Waals surface area contributed by atoms with Gasteiger partial charge < -0.3 is 15.0 Å². The van der Waals surface area contributed by atoms with Crippen molar-refractivity contribution >= 4 is 34.7 Å². The van der Waals surface area contributed by atoms with Gasteiger partial charge in [0.1, 0.15) is 11.5 Å². The van der Waals surface area contributed by atoms with Crippen LogP contribution < -0.4 is 15.0 Å². The third-order valence-corrected chi connectivity index (χ3v) is 4.85. The zero-order chi connectivity index (χ0) is 20.3. The van der Waals surface area contributed by atoms with Crippen molar-refractivity contribution in [3.63, 3.8) is 0 Å². The molecular weight excluding hydrogens is 391 g/mol. The predicted octanol–water partition coefficient (Wildman–Crippen LogP) is 3.65. The number of pyridine rings is 1. The second-order valence-corrected chi connectivity index (χ2v) is 6.78. The summed E-state index contributed by atoms with van der Waals surface area (Å²) in [5, 5.41) is 14.5. The molecule has 1 aliphatic heterocycles. The number of nitrogens with zero attached hydrogens (tertiary/aromatic N) is 3. The van der Waals surface area contributed by atoms with Crippen LogP contribution in [0.2, 0.25) is 5.02 Å². The Bertz CT molecular complexity index is 886. The Morgan fingerprint density at radius 2 is 2.11 bits per heavy atom. The molecule has 0 saturated carbocycles. The minimum absolute atomic E-state index is 0.0609. The summed E-state index contributed by atoms with van der Waals surface area (Å²) in [6, 6.07) is 5.43. The van der Waals surface area contributed by atoms with Crippen molar-refractivity contribution in [1.29, 1.82) is 0 Å². The Kier molecular flexibility index (Phi) is 5.93. The van der Waals surface area contributed by atoms with Crippen molar-refractivity contribution in [3.8, 4) is 5.75 Å². The molecule has 1 aliphatic rings. The number of aromatic nitrogens is 1. The van der Waals surface area contributed by atoms with Gasteiger partial charge in [-0.15, -0.1) is 0 Å². The van der Waals surface area contributed by atoms with Crippen LogP contribution in [0.25, 0.3) is 0 Å². The highest BCUT2D eigenvalue weighted by Gasteiger charge is 2.30. The number of amides is 1. The lowest BCUT2D eigenvalue weighted by atomic mass is 9.95. The number of anilines is 2. The van der Waals surface area contributed by atoms with E-state index >= 15 is 0 Å². The molecule has 2 heterocycles. The molecule has 10 heteroatoms. The number of hydrogen-bond donors (Lipinski definition) is 1. The van der Waals surface area contributed by atoms with Gasteiger partial charge >= 0.3 is 0 Å². The minimum Gasteiger partial charge on any atom is -0.494 e. The van der Waals surface area contributed by atoms with Gasteiger partial charge in [0.05, 0.1) is 23.1 Å². The maximum absolute atomic E-state index is 13.8. The summed E-state index contributed by atoms with van der Waals surface area (Å²) >= 11 is 5.78. The highest BCUT2D eigenvalue weighted by Crippen LogP contribution is 2.36. The molecule has 0 radical (unpaired) electrons. The van der Waals surface area contributed by atoms with E-state index in [1.807, 2.05) is 0 Å². The predicted molar refractivity (Wildman–Crippen MR) is 102 cm³/mol. The average molecular weight is 409 g/mol. The zero-order valence-electron chi connectivity index (χ0n) is 15.0. The van der Waals surface area contributed by atoms with Crippen molar-refractivity contribution in [2.45, 2.75) is 12.8 Å². The van der Waals surface area contributed by atoms with Crippen LogP contribution in [-0.2, 0) is 4.79 Å². The molecule has 0 spiro atoms. The van der Waals surface area contributed by atoms with Crippen LogP contribution >= 0.6 is 11.6 Å². The van der Waals surface area contributed by atoms with Gasteiger partial charge in [0.15, 0.2) is 11.6 Å². The number of benzene rings is 1. The standard InChI is InChI=1S/C18H18ClFN4O4/c1-28-16-9-14(15(24(26)27)8-13(16)20)23-6-4-11(5-7-23)18(25)22-17-3-2-12(19)10-21-17/h2-3,8-11H,4-7H2,1H3,(H,21,22,25). The van der Waals surface area contributed by atoms with E-state index in [0.717, 1.165) is 6.07 Å². The first-order valence-electron chi connectivity index (χ1n) is 8.58. The number of ether oxygens (including phenoxy) is 1. The number of carbonyl (C=O) groups excluding carboxylic acids is 1. The molecule has 0 bridgehead atoms. The van der Waals surface area contributed by atoms with E-state index < -0.39 is 10.7 Å². The lowest BCUT2D eigenvalue weighted by Crippen LogP contribution is -2.38. The fourth-order valence-corrected chi connectivity index (χ4v) is 3.26. The lowest BCUT2D eigenvalue weighted by Gasteiger charge is -2.32. The first kappa shape index (κ1) is 19.8. The van der Waals surface area contributed by atoms with E-state index in [4.69, 9.17) is 16.3 Å². The Hall–Kier alpha value is -2.94. The van der Waals surface area contributed by atoms with E-state index in [1.54, 1.807) is 17.0 Å². The highest BCUT2D eigenvalue weighted by molar-refractivity contribution is 6.30. The van der Waals surface area contributed by atoms with Gasteiger partial charge in [-0.3, -0.25) is 14.9 Å². The fourth-order valence-electron chi connectivity index (χ4n) is 3.15. The topological polar surface area (TPSA) is 97.6 Å². The average Bonchev–Trinajstić information content (AvgIpc) is 2.69. The quantitative estimate of drug-likeness (QED) is 0.599. The zero-order valence-corrected chi connectivity index (χ0v) is 15.8. The number of hydrogen-bond acceptors (Lipinski definition) is 6. The van der Waals surface area contributed by atoms with Crippen LogP contribution in [0.3, 0.4) is 0 Å². The van der Waals surface area contributed by atoms with Crippen molar-refractivity contribution < 1.29 is 18.8 Å². The molecular formula is C18H18ClFN4O4. The number of rotatable bonds is 5. The lowest BCUT2D eigenvalue weighted by molar-refractivity contribution is -0.384. The van der Waals surface area contributed by atoms with Crippen LogP contribution in [0, 0.1) is 21.8 Å². The summed E-state index contributed by atoms with van der Waals surface area (Å²) in [6.07, 6.45) is 2.44. The molecule has 1 aromatic heterocycles. The van der Waals surface area contributed by atoms with Crippen molar-refractivity contribution in [3.05, 3.63) is 51.4 Å². The van der Waals surface area contributed by atoms with Crippen LogP contribution in [0.5, 0.6) is 5.75 Å². The molecule has 1 N–H and O–H groups in total. The molecule has 0 atom stereocenters. The van der Waals surface area contributed by atoms with Crippen molar-refractivity contribution in [2.75, 3.05) is 30.4 Å². The highest BCUT2D eigenvalue weighted by atomic mass is 35.5. The molecule has 8 nitrogen and oxygen atoms in total. The Labute approximate surface area is 165 Å². The first-order chi connectivity index (χ1) is 13.4. The van der Waals surface area contributed by atoms with Gasteiger partial charge in [0.25, 0.3) is 5.69 Å². The SMILES string of the molecule is COc1cc(N2CCC(C(=O)Nc3ccc(Cl)cn3)CC2)c([N+](=O)[O-])cc1F. The van der Waals surface area contributed by atoms with Crippen molar-refractivity contribution in [2.24, 2.45) is 5.92 Å². The molecule has 1 amide bonds. The third kappa shape index (κ3) is 4.30. The second kappa shape index (κ2) is 8.39. The van der Waals surface area contributed by atoms with E-state index in [9.17, 15) is 19.3 Å². The summed E-state index contributed by atoms with van der Waals surface area (Å²) in [6.45, 7) is 0.837. The van der Waals surface area contributed by atoms with Crippen LogP contribution in [0.15, 0.2) is 30.5 Å². The first-order valence-corrected chi connectivity index (χ1v) is 8.96. The van der Waals surface area contributed by atoms with Crippen LogP contribution in [0.1, 0.15) is 12.8 Å². The molecule has 1 saturated heterocycles. The molecule has 3 rings (SSSR count). The van der Waals surface area contributed by atoms with Gasteiger partial charge in [-0.05, 0) is 25.0 Å². The number of piperidine rings is 1. The summed E-state index contributed by atoms with van der Waals surface area (Å²) in [5.74, 6) is -0.858. The Morgan fingerprint density at radius 3 is 2.68 bits per heavy atom. The molecule has 148 valence electrons. The largest absolute Gasteiger partial charge is 0.494 e. The number of carbonyl (C=O) groups is 1. The van der Waals surface area contributed by atoms with Gasteiger partial charge in [0, 0.05) is 31.3 Å². The maximum atomic E-state index is 13.8. The van der Waals surface area contributed by atoms with E-state index in [2.05, 4.69) is 10.3 Å². The van der Waals surface area contributed by atoms with Crippen molar-refractivity contribution in [1.82, 2.24) is 4.98 Å². The van der Waals surface area contributed by atoms with Gasteiger partial charge in [-0.25, -0.2) is 9.37 Å². The molecule has 0 aliphatic carbocycles. The van der Waals surface area contributed by atoms with Gasteiger partial charge in [-0.2, -0.15) is 0 Å². The molecule has 28 heavy (non-hydrogen) atoms. The molecule has 2 aromatic rings. The minimum atomic E-state index is -0.789. The summed E-state index contributed by atoms with van der Waals surface area (Å²) in [5.41, 5.74) is -0.0481. The summed E-state index contributed by atoms with van der Waals surface area (Å²) < 4.78 is 18.8. The Balaban J connectivity index is 1.69. The normalized spacial score (nSPS) is 14.6.